The molecule has 0 saturated carbocycles. The third kappa shape index (κ3) is 38.3. The normalized spacial score (nSPS) is 14.2. The van der Waals surface area contributed by atoms with Gasteiger partial charge in [-0.3, -0.25) is 23.4 Å². The van der Waals surface area contributed by atoms with E-state index in [4.69, 9.17) is 24.8 Å². The largest absolute Gasteiger partial charge is 0.480 e. The van der Waals surface area contributed by atoms with Gasteiger partial charge in [-0.2, -0.15) is 0 Å². The van der Waals surface area contributed by atoms with Crippen LogP contribution in [0.1, 0.15) is 181 Å². The number of aliphatic carboxylic acids is 1. The Hall–Kier alpha value is -2.56. The van der Waals surface area contributed by atoms with E-state index in [1.54, 1.807) is 0 Å². The van der Waals surface area contributed by atoms with E-state index in [2.05, 4.69) is 67.0 Å². The lowest BCUT2D eigenvalue weighted by Gasteiger charge is -2.20. The van der Waals surface area contributed by atoms with E-state index in [-0.39, 0.29) is 19.4 Å². The highest BCUT2D eigenvalue weighted by Gasteiger charge is 2.28. The molecule has 0 amide bonds. The Bertz CT molecular complexity index is 1140. The zero-order valence-electron chi connectivity index (χ0n) is 35.0. The molecule has 56 heavy (non-hydrogen) atoms. The van der Waals surface area contributed by atoms with Crippen molar-refractivity contribution in [2.45, 2.75) is 193 Å². The number of carboxylic acid groups (broad SMARTS) is 1. The van der Waals surface area contributed by atoms with Crippen LogP contribution in [0.4, 0.5) is 0 Å². The topological polar surface area (TPSA) is 172 Å². The van der Waals surface area contributed by atoms with Gasteiger partial charge in [0.25, 0.3) is 0 Å². The minimum absolute atomic E-state index is 0.124. The van der Waals surface area contributed by atoms with Gasteiger partial charge < -0.3 is 25.2 Å². The van der Waals surface area contributed by atoms with Crippen molar-refractivity contribution in [3.8, 4) is 0 Å². The van der Waals surface area contributed by atoms with Crippen LogP contribution in [0.5, 0.6) is 0 Å². The third-order valence-electron chi connectivity index (χ3n) is 9.06. The standard InChI is InChI=1S/C44H78NO10P/c1-3-5-7-9-11-13-15-17-19-20-22-24-26-28-30-32-34-36-43(47)55-40(38-53-56(50,51)54-39-41(45)44(48)49)37-52-42(46)35-33-31-29-27-25-23-21-18-16-14-12-10-8-6-4-2/h7,9,13,15,19-20,24,26,40-41H,3-6,8,10-12,14,16-18,21-23,25,27-39,45H2,1-2H3,(H,48,49)(H,50,51)/b9-7+,15-13+,20-19+,26-24+/t40-,41+/m1/s1. The third-order valence-corrected chi connectivity index (χ3v) is 10.0. The predicted molar refractivity (Wildman–Crippen MR) is 226 cm³/mol. The number of nitrogens with two attached hydrogens (primary N) is 1. The lowest BCUT2D eigenvalue weighted by Crippen LogP contribution is -2.34. The summed E-state index contributed by atoms with van der Waals surface area (Å²) in [6.07, 6.45) is 43.1. The highest BCUT2D eigenvalue weighted by Crippen LogP contribution is 2.43. The number of unbranched alkanes of at least 4 members (excludes halogenated alkanes) is 18. The first kappa shape index (κ1) is 53.4. The van der Waals surface area contributed by atoms with Gasteiger partial charge in [0, 0.05) is 12.8 Å². The van der Waals surface area contributed by atoms with E-state index in [0.717, 1.165) is 64.2 Å². The van der Waals surface area contributed by atoms with Crippen molar-refractivity contribution >= 4 is 25.7 Å². The first-order valence-electron chi connectivity index (χ1n) is 21.7. The fourth-order valence-electron chi connectivity index (χ4n) is 5.64. The number of carboxylic acids is 1. The van der Waals surface area contributed by atoms with Gasteiger partial charge in [0.2, 0.25) is 0 Å². The molecule has 0 saturated heterocycles. The lowest BCUT2D eigenvalue weighted by molar-refractivity contribution is -0.161. The SMILES string of the molecule is CCC/C=C/C/C=C/C/C=C/C/C=C/CCCCCC(=O)O[C@H](COC(=O)CCCCCCCCCCCCCCCCC)COP(=O)(O)OC[C@H](N)C(=O)O. The number of allylic oxidation sites excluding steroid dienone is 8. The minimum Gasteiger partial charge on any atom is -0.480 e. The fraction of sp³-hybridized carbons (Fsp3) is 0.750. The van der Waals surface area contributed by atoms with Crippen LogP contribution in [0.15, 0.2) is 48.6 Å². The van der Waals surface area contributed by atoms with E-state index < -0.39 is 51.1 Å². The Balaban J connectivity index is 4.43. The van der Waals surface area contributed by atoms with Crippen molar-refractivity contribution in [3.05, 3.63) is 48.6 Å². The smallest absolute Gasteiger partial charge is 0.472 e. The summed E-state index contributed by atoms with van der Waals surface area (Å²) in [6, 6.07) is -1.53. The molecule has 324 valence electrons. The summed E-state index contributed by atoms with van der Waals surface area (Å²) >= 11 is 0. The second-order valence-corrected chi connectivity index (χ2v) is 15.9. The Labute approximate surface area is 339 Å². The van der Waals surface area contributed by atoms with Crippen LogP contribution in [0, 0.1) is 0 Å². The van der Waals surface area contributed by atoms with Crippen LogP contribution in [0.2, 0.25) is 0 Å². The van der Waals surface area contributed by atoms with E-state index in [1.165, 1.54) is 77.0 Å². The number of hydrogen-bond acceptors (Lipinski definition) is 9. The summed E-state index contributed by atoms with van der Waals surface area (Å²) in [5.41, 5.74) is 5.33. The molecule has 12 heteroatoms. The van der Waals surface area contributed by atoms with E-state index >= 15 is 0 Å². The molecular weight excluding hydrogens is 733 g/mol. The lowest BCUT2D eigenvalue weighted by atomic mass is 10.0. The summed E-state index contributed by atoms with van der Waals surface area (Å²) in [5, 5.41) is 8.88. The number of esters is 2. The highest BCUT2D eigenvalue weighted by molar-refractivity contribution is 7.47. The summed E-state index contributed by atoms with van der Waals surface area (Å²) in [7, 11) is -4.72. The molecule has 0 aromatic rings. The molecule has 0 radical (unpaired) electrons. The van der Waals surface area contributed by atoms with Gasteiger partial charge in [0.15, 0.2) is 6.10 Å². The van der Waals surface area contributed by atoms with Gasteiger partial charge in [-0.1, -0.05) is 165 Å². The molecule has 0 bridgehead atoms. The van der Waals surface area contributed by atoms with Gasteiger partial charge in [0.1, 0.15) is 12.6 Å². The predicted octanol–water partition coefficient (Wildman–Crippen LogP) is 11.4. The minimum atomic E-state index is -4.72. The summed E-state index contributed by atoms with van der Waals surface area (Å²) in [5.74, 6) is -2.42. The maximum Gasteiger partial charge on any atom is 0.472 e. The Morgan fingerprint density at radius 2 is 0.982 bits per heavy atom. The van der Waals surface area contributed by atoms with E-state index in [0.29, 0.717) is 12.8 Å². The molecule has 0 aliphatic carbocycles. The molecule has 0 aromatic carbocycles. The Morgan fingerprint density at radius 3 is 1.48 bits per heavy atom. The first-order chi connectivity index (χ1) is 27.1. The zero-order chi connectivity index (χ0) is 41.4. The molecule has 0 heterocycles. The van der Waals surface area contributed by atoms with Crippen molar-refractivity contribution in [1.82, 2.24) is 0 Å². The first-order valence-corrected chi connectivity index (χ1v) is 23.2. The molecular formula is C44H78NO10P. The second kappa shape index (κ2) is 39.3. The van der Waals surface area contributed by atoms with Crippen LogP contribution in [-0.2, 0) is 37.5 Å². The number of hydrogen-bond donors (Lipinski definition) is 3. The molecule has 0 aromatic heterocycles. The van der Waals surface area contributed by atoms with Gasteiger partial charge in [0.05, 0.1) is 13.2 Å². The van der Waals surface area contributed by atoms with Crippen molar-refractivity contribution in [3.63, 3.8) is 0 Å². The summed E-state index contributed by atoms with van der Waals surface area (Å²) < 4.78 is 32.7. The van der Waals surface area contributed by atoms with Crippen LogP contribution in [0.25, 0.3) is 0 Å². The number of carbonyl (C=O) groups excluding carboxylic acids is 2. The number of rotatable bonds is 40. The molecule has 0 aliphatic rings. The van der Waals surface area contributed by atoms with Crippen molar-refractivity contribution < 1.29 is 47.5 Å². The van der Waals surface area contributed by atoms with Crippen molar-refractivity contribution in [2.75, 3.05) is 19.8 Å². The molecule has 3 atom stereocenters. The molecule has 0 aliphatic heterocycles. The van der Waals surface area contributed by atoms with E-state index in [9.17, 15) is 23.8 Å². The van der Waals surface area contributed by atoms with Crippen molar-refractivity contribution in [2.24, 2.45) is 5.73 Å². The maximum absolute atomic E-state index is 12.6. The van der Waals surface area contributed by atoms with E-state index in [1.807, 2.05) is 0 Å². The quantitative estimate of drug-likeness (QED) is 0.0233. The molecule has 0 fully saturated rings. The molecule has 0 rings (SSSR count). The van der Waals surface area contributed by atoms with Crippen LogP contribution in [-0.4, -0.2) is 59.9 Å². The van der Waals surface area contributed by atoms with Gasteiger partial charge in [-0.05, 0) is 51.4 Å². The number of ether oxygens (including phenoxy) is 2. The summed E-state index contributed by atoms with van der Waals surface area (Å²) in [6.45, 7) is 2.70. The molecule has 11 nitrogen and oxygen atoms in total. The number of carbonyl (C=O) groups is 3. The number of phosphoric ester groups is 1. The molecule has 1 unspecified atom stereocenters. The fourth-order valence-corrected chi connectivity index (χ4v) is 6.42. The monoisotopic (exact) mass is 812 g/mol. The van der Waals surface area contributed by atoms with Crippen LogP contribution >= 0.6 is 7.82 Å². The van der Waals surface area contributed by atoms with Gasteiger partial charge in [-0.15, -0.1) is 0 Å². The van der Waals surface area contributed by atoms with Crippen LogP contribution < -0.4 is 5.73 Å². The Morgan fingerprint density at radius 1 is 0.554 bits per heavy atom. The summed E-state index contributed by atoms with van der Waals surface area (Å²) in [4.78, 5) is 45.9. The molecule has 4 N–H and O–H groups in total. The second-order valence-electron chi connectivity index (χ2n) is 14.5. The Kier molecular flexibility index (Phi) is 37.5. The average Bonchev–Trinajstić information content (AvgIpc) is 3.17. The maximum atomic E-state index is 12.6. The highest BCUT2D eigenvalue weighted by atomic mass is 31.2. The average molecular weight is 812 g/mol. The van der Waals surface area contributed by atoms with Crippen molar-refractivity contribution in [1.29, 1.82) is 0 Å². The number of phosphoric acid groups is 1. The van der Waals surface area contributed by atoms with Gasteiger partial charge in [-0.25, -0.2) is 4.57 Å². The molecule has 0 spiro atoms. The van der Waals surface area contributed by atoms with Crippen LogP contribution in [0.3, 0.4) is 0 Å². The zero-order valence-corrected chi connectivity index (χ0v) is 35.9. The van der Waals surface area contributed by atoms with Gasteiger partial charge >= 0.3 is 25.7 Å².